The number of amides is 2. The number of nitrogens with one attached hydrogen (secondary N) is 1. The van der Waals surface area contributed by atoms with Crippen molar-refractivity contribution in [3.05, 3.63) is 95.2 Å². The Morgan fingerprint density at radius 3 is 2.39 bits per heavy atom. The van der Waals surface area contributed by atoms with E-state index in [0.717, 1.165) is 17.0 Å². The maximum absolute atomic E-state index is 13.3. The summed E-state index contributed by atoms with van der Waals surface area (Å²) in [7, 11) is 4.24. The lowest BCUT2D eigenvalue weighted by molar-refractivity contribution is -0.872. The highest BCUT2D eigenvalue weighted by Gasteiger charge is 2.39. The van der Waals surface area contributed by atoms with E-state index in [0.29, 0.717) is 23.5 Å². The minimum atomic E-state index is -0.632. The largest absolute Gasteiger partial charge is 0.336 e. The van der Waals surface area contributed by atoms with Gasteiger partial charge in [0, 0.05) is 23.5 Å². The quantitative estimate of drug-likeness (QED) is 0.498. The Balaban J connectivity index is 1.58. The molecular formula is C25H25N4O2+. The fourth-order valence-corrected chi connectivity index (χ4v) is 3.74. The van der Waals surface area contributed by atoms with Gasteiger partial charge in [-0.2, -0.15) is 0 Å². The Kier molecular flexibility index (Phi) is 6.00. The second-order valence-corrected chi connectivity index (χ2v) is 7.92. The molecule has 0 saturated carbocycles. The van der Waals surface area contributed by atoms with E-state index < -0.39 is 5.92 Å². The van der Waals surface area contributed by atoms with Gasteiger partial charge in [-0.3, -0.25) is 14.6 Å². The molecule has 0 radical (unpaired) electrons. The maximum Gasteiger partial charge on any atom is 0.266 e. The molecule has 2 amide bonds. The highest BCUT2D eigenvalue weighted by atomic mass is 16.2. The molecule has 0 aliphatic carbocycles. The zero-order chi connectivity index (χ0) is 21.8. The van der Waals surface area contributed by atoms with Crippen molar-refractivity contribution in [2.24, 2.45) is 4.99 Å². The molecule has 3 aromatic rings. The van der Waals surface area contributed by atoms with E-state index >= 15 is 0 Å². The molecule has 4 rings (SSSR count). The molecular weight excluding hydrogens is 388 g/mol. The Morgan fingerprint density at radius 2 is 1.68 bits per heavy atom. The van der Waals surface area contributed by atoms with Gasteiger partial charge in [0.25, 0.3) is 5.91 Å². The van der Waals surface area contributed by atoms with E-state index in [4.69, 9.17) is 0 Å². The van der Waals surface area contributed by atoms with Crippen LogP contribution >= 0.6 is 0 Å². The third-order valence-electron chi connectivity index (χ3n) is 5.20. The highest BCUT2D eigenvalue weighted by Crippen LogP contribution is 2.31. The molecule has 1 N–H and O–H groups in total. The van der Waals surface area contributed by atoms with Crippen molar-refractivity contribution >= 4 is 23.8 Å². The summed E-state index contributed by atoms with van der Waals surface area (Å²) in [5.41, 5.74) is 3.52. The van der Waals surface area contributed by atoms with Crippen molar-refractivity contribution in [1.82, 2.24) is 4.98 Å². The van der Waals surface area contributed by atoms with Crippen LogP contribution in [-0.4, -0.2) is 37.1 Å². The summed E-state index contributed by atoms with van der Waals surface area (Å²) in [6.45, 7) is 1.44. The molecule has 156 valence electrons. The Labute approximate surface area is 181 Å². The van der Waals surface area contributed by atoms with E-state index in [1.807, 2.05) is 12.1 Å². The molecule has 2 heterocycles. The summed E-state index contributed by atoms with van der Waals surface area (Å²) < 4.78 is 0. The molecule has 1 unspecified atom stereocenters. The van der Waals surface area contributed by atoms with E-state index in [2.05, 4.69) is 48.3 Å². The number of aliphatic imine (C=N–C) groups is 1. The summed E-state index contributed by atoms with van der Waals surface area (Å²) in [5.74, 6) is -1.01. The molecule has 0 saturated heterocycles. The first-order chi connectivity index (χ1) is 15.0. The number of pyridine rings is 1. The van der Waals surface area contributed by atoms with Gasteiger partial charge in [-0.1, -0.05) is 48.5 Å². The molecule has 0 fully saturated rings. The number of carbonyl (C=O) groups is 2. The van der Waals surface area contributed by atoms with Crippen molar-refractivity contribution in [1.29, 1.82) is 0 Å². The van der Waals surface area contributed by atoms with Gasteiger partial charge < -0.3 is 4.90 Å². The van der Waals surface area contributed by atoms with Crippen molar-refractivity contribution in [2.75, 3.05) is 19.0 Å². The predicted molar refractivity (Wildman–Crippen MR) is 120 cm³/mol. The molecule has 1 aliphatic heterocycles. The summed E-state index contributed by atoms with van der Waals surface area (Å²) in [4.78, 5) is 37.5. The minimum Gasteiger partial charge on any atom is -0.336 e. The van der Waals surface area contributed by atoms with Gasteiger partial charge >= 0.3 is 0 Å². The number of nitrogens with zero attached hydrogens (tertiary/aromatic N) is 3. The molecule has 1 aromatic heterocycles. The minimum absolute atomic E-state index is 0.323. The third-order valence-corrected chi connectivity index (χ3v) is 5.20. The number of benzene rings is 2. The number of anilines is 1. The fraction of sp³-hybridized carbons (Fsp3) is 0.200. The summed E-state index contributed by atoms with van der Waals surface area (Å²) in [6, 6.07) is 20.7. The Morgan fingerprint density at radius 1 is 0.968 bits per heavy atom. The lowest BCUT2D eigenvalue weighted by atomic mass is 9.89. The van der Waals surface area contributed by atoms with Crippen molar-refractivity contribution in [3.63, 3.8) is 0 Å². The number of hydrogen-bond acceptors (Lipinski definition) is 4. The standard InChI is InChI=1S/C25H24N4O2/c1-28(2)17-19-12-10-18(11-13-19)15-26-16-22-20-7-3-4-8-21(20)24(30)29(25(22)31)23-9-5-6-14-27-23/h3-14,16,22H,15,17H2,1-2H3/p+1. The Hall–Kier alpha value is -3.64. The highest BCUT2D eigenvalue weighted by molar-refractivity contribution is 6.28. The monoisotopic (exact) mass is 413 g/mol. The van der Waals surface area contributed by atoms with E-state index in [1.54, 1.807) is 42.7 Å². The smallest absolute Gasteiger partial charge is 0.266 e. The normalized spacial score (nSPS) is 16.2. The van der Waals surface area contributed by atoms with Gasteiger partial charge in [-0.25, -0.2) is 9.88 Å². The van der Waals surface area contributed by atoms with Crippen LogP contribution in [0.25, 0.3) is 0 Å². The zero-order valence-corrected chi connectivity index (χ0v) is 17.7. The molecule has 6 heteroatoms. The average Bonchev–Trinajstić information content (AvgIpc) is 2.78. The number of fused-ring (bicyclic) bond motifs is 1. The lowest BCUT2D eigenvalue weighted by Gasteiger charge is -2.30. The van der Waals surface area contributed by atoms with Gasteiger partial charge in [0.15, 0.2) is 0 Å². The summed E-state index contributed by atoms with van der Waals surface area (Å²) in [6.07, 6.45) is 3.22. The van der Waals surface area contributed by atoms with Gasteiger partial charge in [-0.15, -0.1) is 0 Å². The predicted octanol–water partition coefficient (Wildman–Crippen LogP) is 2.27. The first kappa shape index (κ1) is 20.6. The maximum atomic E-state index is 13.3. The van der Waals surface area contributed by atoms with Crippen molar-refractivity contribution in [3.8, 4) is 0 Å². The molecule has 31 heavy (non-hydrogen) atoms. The number of rotatable bonds is 6. The second-order valence-electron chi connectivity index (χ2n) is 7.92. The summed E-state index contributed by atoms with van der Waals surface area (Å²) >= 11 is 0. The number of aromatic nitrogens is 1. The first-order valence-electron chi connectivity index (χ1n) is 10.3. The fourth-order valence-electron chi connectivity index (χ4n) is 3.74. The van der Waals surface area contributed by atoms with Gasteiger partial charge in [0.2, 0.25) is 5.91 Å². The molecule has 0 bridgehead atoms. The molecule has 1 aliphatic rings. The van der Waals surface area contributed by atoms with Gasteiger partial charge in [0.05, 0.1) is 26.6 Å². The van der Waals surface area contributed by atoms with Crippen molar-refractivity contribution < 1.29 is 14.5 Å². The van der Waals surface area contributed by atoms with E-state index in [9.17, 15) is 9.59 Å². The van der Waals surface area contributed by atoms with Crippen molar-refractivity contribution in [2.45, 2.75) is 19.0 Å². The number of hydrogen-bond donors (Lipinski definition) is 1. The zero-order valence-electron chi connectivity index (χ0n) is 17.7. The van der Waals surface area contributed by atoms with Crippen LogP contribution in [0, 0.1) is 0 Å². The number of imide groups is 1. The Bertz CT molecular complexity index is 1110. The second kappa shape index (κ2) is 9.02. The molecule has 2 aromatic carbocycles. The van der Waals surface area contributed by atoms with Crippen LogP contribution in [0.3, 0.4) is 0 Å². The van der Waals surface area contributed by atoms with Crippen LogP contribution < -0.4 is 9.80 Å². The topological polar surface area (TPSA) is 67.1 Å². The molecule has 6 nitrogen and oxygen atoms in total. The van der Waals surface area contributed by atoms with Crippen LogP contribution in [0.1, 0.15) is 33.0 Å². The van der Waals surface area contributed by atoms with Gasteiger partial charge in [0.1, 0.15) is 12.4 Å². The van der Waals surface area contributed by atoms with E-state index in [1.165, 1.54) is 10.5 Å². The van der Waals surface area contributed by atoms with Crippen LogP contribution in [0.4, 0.5) is 5.82 Å². The lowest BCUT2D eigenvalue weighted by Crippen LogP contribution is -3.04. The number of carbonyl (C=O) groups excluding carboxylic acids is 2. The van der Waals surface area contributed by atoms with Crippen LogP contribution in [0.5, 0.6) is 0 Å². The van der Waals surface area contributed by atoms with E-state index in [-0.39, 0.29) is 11.8 Å². The first-order valence-corrected chi connectivity index (χ1v) is 10.3. The van der Waals surface area contributed by atoms with Crippen LogP contribution in [0.2, 0.25) is 0 Å². The number of quaternary nitrogens is 1. The average molecular weight is 414 g/mol. The molecule has 0 spiro atoms. The van der Waals surface area contributed by atoms with Crippen LogP contribution in [-0.2, 0) is 17.9 Å². The third kappa shape index (κ3) is 4.44. The van der Waals surface area contributed by atoms with Gasteiger partial charge in [-0.05, 0) is 29.3 Å². The summed E-state index contributed by atoms with van der Waals surface area (Å²) in [5, 5.41) is 0. The molecule has 1 atom stereocenters. The van der Waals surface area contributed by atoms with Crippen LogP contribution in [0.15, 0.2) is 77.9 Å². The SMILES string of the molecule is C[NH+](C)Cc1ccc(CN=CC2C(=O)N(c3ccccn3)C(=O)c3ccccc32)cc1.